The predicted molar refractivity (Wildman–Crippen MR) is 158 cm³/mol. The zero-order valence-corrected chi connectivity index (χ0v) is 23.2. The smallest absolute Gasteiger partial charge is 0.0325 e. The molecule has 0 heterocycles. The monoisotopic (exact) mass is 508 g/mol. The van der Waals surface area contributed by atoms with E-state index in [-0.39, 0.29) is 0 Å². The normalized spacial score (nSPS) is 11.0. The lowest BCUT2D eigenvalue weighted by Crippen LogP contribution is -2.35. The lowest BCUT2D eigenvalue weighted by Gasteiger charge is -2.41. The summed E-state index contributed by atoms with van der Waals surface area (Å²) in [5.41, 5.74) is 0. The lowest BCUT2D eigenvalue weighted by atomic mass is 10.4. The van der Waals surface area contributed by atoms with Crippen molar-refractivity contribution in [2.45, 2.75) is 19.9 Å². The van der Waals surface area contributed by atoms with E-state index < -0.39 is 16.1 Å². The maximum absolute atomic E-state index is 2.78. The molecule has 0 saturated heterocycles. The number of hydrogen-bond donors (Lipinski definition) is 1. The molecule has 0 aliphatic heterocycles. The molecule has 0 saturated carbocycles. The summed E-state index contributed by atoms with van der Waals surface area (Å²) in [6.45, 7) is 4.67. The first-order valence-corrected chi connectivity index (χ1v) is 14.7. The molecule has 2 atom stereocenters. The van der Waals surface area contributed by atoms with Crippen LogP contribution in [0.5, 0.6) is 0 Å². The highest BCUT2D eigenvalue weighted by Crippen LogP contribution is 2.55. The molecule has 0 bridgehead atoms. The van der Waals surface area contributed by atoms with Crippen molar-refractivity contribution in [3.8, 4) is 0 Å². The largest absolute Gasteiger partial charge is 0.285 e. The SMILES string of the molecule is CC(C)N(P(c1ccccc1)c1ccccc1)P(c1ccccc1)c1ccccc1.PNP. The molecule has 0 aliphatic rings. The zero-order chi connectivity index (χ0) is 23.5. The van der Waals surface area contributed by atoms with Gasteiger partial charge in [-0.25, -0.2) is 4.44 Å². The van der Waals surface area contributed by atoms with Gasteiger partial charge in [0.1, 0.15) is 0 Å². The Labute approximate surface area is 206 Å². The van der Waals surface area contributed by atoms with E-state index in [0.29, 0.717) is 6.04 Å². The van der Waals surface area contributed by atoms with Gasteiger partial charge in [-0.3, -0.25) is 4.86 Å². The van der Waals surface area contributed by atoms with E-state index in [1.165, 1.54) is 21.2 Å². The van der Waals surface area contributed by atoms with Gasteiger partial charge in [-0.2, -0.15) is 0 Å². The van der Waals surface area contributed by atoms with Crippen LogP contribution in [0.3, 0.4) is 0 Å². The predicted octanol–water partition coefficient (Wildman–Crippen LogP) is 5.95. The second-order valence-corrected chi connectivity index (χ2v) is 13.4. The molecule has 170 valence electrons. The topological polar surface area (TPSA) is 15.3 Å². The van der Waals surface area contributed by atoms with Crippen molar-refractivity contribution in [2.75, 3.05) is 0 Å². The van der Waals surface area contributed by atoms with Crippen LogP contribution in [0.4, 0.5) is 0 Å². The number of hydrogen-bond acceptors (Lipinski definition) is 2. The summed E-state index contributed by atoms with van der Waals surface area (Å²) in [6, 6.07) is 44.5. The molecule has 0 aromatic heterocycles. The lowest BCUT2D eigenvalue weighted by molar-refractivity contribution is 0.583. The molecule has 2 nitrogen and oxygen atoms in total. The summed E-state index contributed by atoms with van der Waals surface area (Å²) < 4.78 is 2.78. The first kappa shape index (κ1) is 26.1. The summed E-state index contributed by atoms with van der Waals surface area (Å²) in [6.07, 6.45) is 0. The fraction of sp³-hybridized carbons (Fsp3) is 0.111. The van der Waals surface area contributed by atoms with Crippen molar-refractivity contribution in [1.82, 2.24) is 9.30 Å². The fourth-order valence-corrected chi connectivity index (χ4v) is 9.84. The van der Waals surface area contributed by atoms with Crippen LogP contribution in [0, 0.1) is 0 Å². The molecule has 0 radical (unpaired) electrons. The average Bonchev–Trinajstić information content (AvgIpc) is 2.87. The van der Waals surface area contributed by atoms with Gasteiger partial charge in [0.25, 0.3) is 0 Å². The van der Waals surface area contributed by atoms with Crippen LogP contribution < -0.4 is 26.1 Å². The van der Waals surface area contributed by atoms with Gasteiger partial charge in [0.2, 0.25) is 0 Å². The Morgan fingerprint density at radius 1 is 0.515 bits per heavy atom. The minimum atomic E-state index is -0.678. The minimum Gasteiger partial charge on any atom is -0.285 e. The van der Waals surface area contributed by atoms with Gasteiger partial charge in [0.15, 0.2) is 0 Å². The minimum absolute atomic E-state index is 0.392. The van der Waals surface area contributed by atoms with E-state index in [2.05, 4.69) is 163 Å². The van der Waals surface area contributed by atoms with Gasteiger partial charge < -0.3 is 0 Å². The van der Waals surface area contributed by atoms with E-state index in [0.717, 1.165) is 0 Å². The molecule has 0 amide bonds. The molecule has 33 heavy (non-hydrogen) atoms. The van der Waals surface area contributed by atoms with Crippen molar-refractivity contribution in [2.24, 2.45) is 0 Å². The number of nitrogens with zero attached hydrogens (tertiary/aromatic N) is 1. The average molecular weight is 508 g/mol. The Bertz CT molecular complexity index is 886. The van der Waals surface area contributed by atoms with Crippen LogP contribution in [0.15, 0.2) is 121 Å². The van der Waals surface area contributed by atoms with Crippen LogP contribution in [0.25, 0.3) is 0 Å². The van der Waals surface area contributed by atoms with Crippen LogP contribution in [-0.2, 0) is 0 Å². The zero-order valence-electron chi connectivity index (χ0n) is 19.1. The summed E-state index contributed by atoms with van der Waals surface area (Å²) in [7, 11) is 3.23. The number of rotatable bonds is 7. The molecule has 4 aromatic rings. The van der Waals surface area contributed by atoms with Crippen molar-refractivity contribution >= 4 is 56.1 Å². The third-order valence-corrected chi connectivity index (χ3v) is 10.8. The van der Waals surface area contributed by atoms with E-state index in [9.17, 15) is 0 Å². The molecule has 4 aromatic carbocycles. The summed E-state index contributed by atoms with van der Waals surface area (Å²) >= 11 is 0. The third-order valence-electron chi connectivity index (χ3n) is 4.87. The standard InChI is InChI=1S/C27H27NP2.H5NP2/c1-23(2)28(29(24-15-7-3-8-16-24)25-17-9-4-10-18-25)30(26-19-11-5-12-20-26)27-21-13-6-14-22-27;2-1-3/h3-23H,1-2H3;1H,2-3H2. The highest BCUT2D eigenvalue weighted by atomic mass is 31.2. The molecule has 4 rings (SSSR count). The van der Waals surface area contributed by atoms with E-state index in [4.69, 9.17) is 0 Å². The van der Waals surface area contributed by atoms with Crippen molar-refractivity contribution in [1.29, 1.82) is 0 Å². The molecule has 2 unspecified atom stereocenters. The van der Waals surface area contributed by atoms with Gasteiger partial charge in [0.05, 0.1) is 0 Å². The summed E-state index contributed by atoms with van der Waals surface area (Å²) in [4.78, 5) is 2.58. The third kappa shape index (κ3) is 7.25. The molecular formula is C27H32N2P4. The van der Waals surface area contributed by atoms with Gasteiger partial charge in [-0.05, 0) is 35.1 Å². The Morgan fingerprint density at radius 2 is 0.727 bits per heavy atom. The number of benzene rings is 4. The van der Waals surface area contributed by atoms with Gasteiger partial charge >= 0.3 is 0 Å². The first-order chi connectivity index (χ1) is 16.2. The van der Waals surface area contributed by atoms with Crippen molar-refractivity contribution in [3.63, 3.8) is 0 Å². The van der Waals surface area contributed by atoms with E-state index in [1.54, 1.807) is 0 Å². The Kier molecular flexibility index (Phi) is 11.1. The first-order valence-electron chi connectivity index (χ1n) is 10.9. The summed E-state index contributed by atoms with van der Waals surface area (Å²) in [5, 5.41) is 5.58. The Hall–Kier alpha value is -1.48. The second-order valence-electron chi connectivity index (χ2n) is 7.55. The quantitative estimate of drug-likeness (QED) is 0.311. The maximum Gasteiger partial charge on any atom is 0.0325 e. The molecule has 1 N–H and O–H groups in total. The molecular weight excluding hydrogens is 476 g/mol. The van der Waals surface area contributed by atoms with Gasteiger partial charge in [0, 0.05) is 22.2 Å². The highest BCUT2D eigenvalue weighted by Gasteiger charge is 2.33. The second kappa shape index (κ2) is 14.0. The molecule has 0 fully saturated rings. The van der Waals surface area contributed by atoms with Gasteiger partial charge in [-0.1, -0.05) is 140 Å². The van der Waals surface area contributed by atoms with Crippen molar-refractivity contribution < 1.29 is 0 Å². The van der Waals surface area contributed by atoms with Crippen LogP contribution in [-0.4, -0.2) is 10.5 Å². The van der Waals surface area contributed by atoms with Crippen LogP contribution in [0.1, 0.15) is 13.8 Å². The molecule has 0 aliphatic carbocycles. The Morgan fingerprint density at radius 3 is 0.909 bits per heavy atom. The van der Waals surface area contributed by atoms with Crippen LogP contribution in [0.2, 0.25) is 0 Å². The maximum atomic E-state index is 2.78. The van der Waals surface area contributed by atoms with E-state index in [1.807, 2.05) is 0 Å². The fourth-order valence-electron chi connectivity index (χ4n) is 3.60. The van der Waals surface area contributed by atoms with Gasteiger partial charge in [-0.15, -0.1) is 0 Å². The van der Waals surface area contributed by atoms with E-state index >= 15 is 0 Å². The number of nitrogens with one attached hydrogen (secondary N) is 1. The Balaban J connectivity index is 0.000000968. The molecule has 0 spiro atoms. The van der Waals surface area contributed by atoms with Crippen LogP contribution >= 0.6 is 34.9 Å². The molecule has 6 heteroatoms. The highest BCUT2D eigenvalue weighted by molar-refractivity contribution is 7.84. The van der Waals surface area contributed by atoms with Crippen molar-refractivity contribution in [3.05, 3.63) is 121 Å². The summed E-state index contributed by atoms with van der Waals surface area (Å²) in [5.74, 6) is 0.